The second kappa shape index (κ2) is 11.6. The van der Waals surface area contributed by atoms with E-state index in [0.717, 1.165) is 0 Å². The van der Waals surface area contributed by atoms with E-state index in [1.165, 1.54) is 12.4 Å². The fourth-order valence-electron chi connectivity index (χ4n) is 1.43. The van der Waals surface area contributed by atoms with E-state index in [-0.39, 0.29) is 60.8 Å². The molecule has 2 heterocycles. The van der Waals surface area contributed by atoms with Crippen LogP contribution < -0.4 is 21.7 Å². The van der Waals surface area contributed by atoms with Gasteiger partial charge in [0, 0.05) is 24.9 Å². The van der Waals surface area contributed by atoms with E-state index in [1.807, 2.05) is 0 Å². The number of rotatable bonds is 6. The van der Waals surface area contributed by atoms with Gasteiger partial charge in [0.05, 0.1) is 35.8 Å². The number of carbonyl (C=O) groups excluding carboxylic acids is 2. The van der Waals surface area contributed by atoms with Crippen LogP contribution in [0.15, 0.2) is 20.0 Å². The molecule has 25 heavy (non-hydrogen) atoms. The molecule has 0 saturated carbocycles. The van der Waals surface area contributed by atoms with Gasteiger partial charge >= 0.3 is 37.7 Å². The minimum atomic E-state index is -1.30. The van der Waals surface area contributed by atoms with E-state index < -0.39 is 24.0 Å². The van der Waals surface area contributed by atoms with Crippen LogP contribution in [0.3, 0.4) is 0 Å². The van der Waals surface area contributed by atoms with Crippen molar-refractivity contribution in [3.8, 4) is 0 Å². The van der Waals surface area contributed by atoms with Gasteiger partial charge in [-0.1, -0.05) is 0 Å². The summed E-state index contributed by atoms with van der Waals surface area (Å²) in [5.74, 6) is -2.60. The fourth-order valence-corrected chi connectivity index (χ4v) is 1.77. The van der Waals surface area contributed by atoms with Gasteiger partial charge < -0.3 is 31.3 Å². The molecule has 0 amide bonds. The molecule has 2 aliphatic rings. The molecule has 2 aliphatic heterocycles. The Bertz CT molecular complexity index is 633. The summed E-state index contributed by atoms with van der Waals surface area (Å²) in [6.45, 7) is 0. The zero-order chi connectivity index (χ0) is 18.3. The number of carbonyl (C=O) groups is 2. The van der Waals surface area contributed by atoms with Gasteiger partial charge in [0.2, 0.25) is 10.2 Å². The van der Waals surface area contributed by atoms with Crippen LogP contribution in [0.5, 0.6) is 0 Å². The zero-order valence-corrected chi connectivity index (χ0v) is 16.7. The number of carboxylic acids is 2. The van der Waals surface area contributed by atoms with Crippen LogP contribution in [0, 0.1) is 0 Å². The molecule has 0 radical (unpaired) electrons. The zero-order valence-electron chi connectivity index (χ0n) is 12.8. The monoisotopic (exact) mass is 408 g/mol. The third-order valence-electron chi connectivity index (χ3n) is 2.59. The van der Waals surface area contributed by atoms with Gasteiger partial charge in [-0.2, -0.15) is 0 Å². The number of nitrogens with two attached hydrogens (primary N) is 2. The van der Waals surface area contributed by atoms with Gasteiger partial charge in [-0.3, -0.25) is 0 Å². The Morgan fingerprint density at radius 1 is 0.920 bits per heavy atom. The third kappa shape index (κ3) is 9.30. The molecular weight excluding hydrogens is 396 g/mol. The number of hydrogen-bond donors (Lipinski definition) is 2. The molecule has 0 unspecified atom stereocenters. The van der Waals surface area contributed by atoms with Crippen molar-refractivity contribution in [2.75, 3.05) is 0 Å². The number of hydrogen-bond acceptors (Lipinski definition) is 8. The molecule has 10 nitrogen and oxygen atoms in total. The Morgan fingerprint density at radius 2 is 1.24 bits per heavy atom. The Morgan fingerprint density at radius 3 is 1.44 bits per heavy atom. The summed E-state index contributed by atoms with van der Waals surface area (Å²) in [4.78, 5) is 35.3. The second-order valence-electron chi connectivity index (χ2n) is 4.55. The number of thiocarbonyl (C=S) groups is 2. The minimum Gasteiger partial charge on any atom is -0.548 e. The van der Waals surface area contributed by atoms with Crippen LogP contribution in [-0.2, 0) is 9.59 Å². The maximum Gasteiger partial charge on any atom is 2.00 e. The molecule has 0 saturated heterocycles. The van der Waals surface area contributed by atoms with Crippen molar-refractivity contribution in [1.82, 2.24) is 0 Å². The fraction of sp³-hybridized carbons (Fsp3) is 0.333. The summed E-state index contributed by atoms with van der Waals surface area (Å²) >= 11 is 9.25. The average Bonchev–Trinajstić information content (AvgIpc) is 3.08. The number of nitrogens with zero attached hydrogens (tertiary/aromatic N) is 4. The van der Waals surface area contributed by atoms with E-state index in [0.29, 0.717) is 11.4 Å². The van der Waals surface area contributed by atoms with Crippen LogP contribution in [-0.4, -0.2) is 95.8 Å². The first-order valence-corrected chi connectivity index (χ1v) is 7.24. The maximum absolute atomic E-state index is 10.2. The molecule has 128 valence electrons. The molecule has 0 spiro atoms. The molecule has 0 aliphatic carbocycles. The van der Waals surface area contributed by atoms with Crippen LogP contribution >= 0.6 is 24.4 Å². The molecule has 0 fully saturated rings. The van der Waals surface area contributed by atoms with Gasteiger partial charge in [0.25, 0.3) is 0 Å². The van der Waals surface area contributed by atoms with Gasteiger partial charge in [0.15, 0.2) is 0 Å². The van der Waals surface area contributed by atoms with Gasteiger partial charge in [0.1, 0.15) is 0 Å². The largest absolute Gasteiger partial charge is 2.00 e. The Balaban J connectivity index is 0.000000443. The maximum atomic E-state index is 10.2. The summed E-state index contributed by atoms with van der Waals surface area (Å²) in [5.41, 5.74) is 11.4. The number of carboxylic acid groups (broad SMARTS) is 2. The summed E-state index contributed by atoms with van der Waals surface area (Å²) < 4.78 is 0. The first kappa shape index (κ1) is 24.0. The predicted molar refractivity (Wildman–Crippen MR) is 98.0 cm³/mol. The van der Waals surface area contributed by atoms with E-state index in [1.54, 1.807) is 0 Å². The normalized spacial score (nSPS) is 17.0. The first-order valence-electron chi connectivity index (χ1n) is 6.43. The quantitative estimate of drug-likeness (QED) is 0.331. The first-order chi connectivity index (χ1) is 11.2. The van der Waals surface area contributed by atoms with E-state index in [4.69, 9.17) is 11.5 Å². The predicted octanol–water partition coefficient (Wildman–Crippen LogP) is -3.85. The van der Waals surface area contributed by atoms with Crippen LogP contribution in [0.4, 0.5) is 0 Å². The van der Waals surface area contributed by atoms with Crippen molar-refractivity contribution in [2.24, 2.45) is 31.4 Å². The minimum absolute atomic E-state index is 0. The molecule has 0 aromatic rings. The molecule has 0 bridgehead atoms. The average molecular weight is 408 g/mol. The Labute approximate surface area is 183 Å². The van der Waals surface area contributed by atoms with Crippen LogP contribution in [0.25, 0.3) is 0 Å². The third-order valence-corrected chi connectivity index (χ3v) is 2.98. The molecule has 0 aromatic heterocycles. The van der Waals surface area contributed by atoms with Gasteiger partial charge in [-0.25, -0.2) is 20.0 Å². The van der Waals surface area contributed by atoms with Crippen molar-refractivity contribution in [1.29, 1.82) is 0 Å². The van der Waals surface area contributed by atoms with Crippen LogP contribution in [0.2, 0.25) is 0 Å². The molecule has 2 atom stereocenters. The summed E-state index contributed by atoms with van der Waals surface area (Å²) in [7, 11) is 0. The van der Waals surface area contributed by atoms with Crippen molar-refractivity contribution >= 4 is 108 Å². The van der Waals surface area contributed by atoms with Crippen molar-refractivity contribution < 1.29 is 19.8 Å². The molecule has 2 rings (SSSR count). The Kier molecular flexibility index (Phi) is 11.1. The summed E-state index contributed by atoms with van der Waals surface area (Å²) in [6.07, 6.45) is 3.02. The van der Waals surface area contributed by atoms with Crippen molar-refractivity contribution in [3.05, 3.63) is 0 Å². The number of aliphatic imine (C=N–C) groups is 4. The van der Waals surface area contributed by atoms with Crippen molar-refractivity contribution in [2.45, 2.75) is 24.9 Å². The topological polar surface area (TPSA) is 182 Å². The van der Waals surface area contributed by atoms with Gasteiger partial charge in [-0.15, -0.1) is 0 Å². The second-order valence-corrected chi connectivity index (χ2v) is 5.28. The molecule has 4 N–H and O–H groups in total. The summed E-state index contributed by atoms with van der Waals surface area (Å²) in [5, 5.41) is 20.8. The standard InChI is InChI=1S/2C6H7N3O2S.Ca/c2*7-4(5(10)11)1-3-2-8-6(12)9-3;/h2*2,4H,1,7H2,(H,10,11);/q;;+2/p-2/t2*4-;/m00./s1. The molecule has 13 heteroatoms. The Hall–Kier alpha value is -1.02. The van der Waals surface area contributed by atoms with E-state index >= 15 is 0 Å². The van der Waals surface area contributed by atoms with E-state index in [9.17, 15) is 19.8 Å². The SMILES string of the molecule is N[C@@H](CC1=NC(=S)N=C1)C(=O)[O-].N[C@@H](CC1=NC(=S)N=C1)C(=O)[O-].[Ca+2]. The summed E-state index contributed by atoms with van der Waals surface area (Å²) in [6, 6.07) is -2.09. The van der Waals surface area contributed by atoms with Crippen molar-refractivity contribution in [3.63, 3.8) is 0 Å². The van der Waals surface area contributed by atoms with Gasteiger partial charge in [-0.05, 0) is 24.4 Å². The molecule has 0 aromatic carbocycles. The van der Waals surface area contributed by atoms with E-state index in [2.05, 4.69) is 44.4 Å². The molecular formula is C12H12CaN6O4S2. The smallest absolute Gasteiger partial charge is 0.548 e. The number of aliphatic carboxylic acids is 2. The van der Waals surface area contributed by atoms with Crippen LogP contribution in [0.1, 0.15) is 12.8 Å².